The van der Waals surface area contributed by atoms with E-state index in [2.05, 4.69) is 66.3 Å². The van der Waals surface area contributed by atoms with Crippen LogP contribution in [0.15, 0.2) is 146 Å². The number of β-amino-alcohol motifs (C(OH)–C–C–N with tert-alkyl or cyclic N) is 2. The highest BCUT2D eigenvalue weighted by Gasteiger charge is 2.37. The standard InChI is InChI=1S/C23H19FN6O2.C22H20FN7O3S.2C22H19FN6O3/c24-16-6-3-4-14(11-25)21(16)17-10-19(22-18(27-17)12-26-23(22)32)30-9-7-20(28-30)29-8-2-1-5-15(31)13-29;1-34(32,33)28-14-5-7-29(12-14)19-6-8-30(27-19)18-9-16(26-17-11-25-22(31)21(17)18)20-13(10-24)3-2-4-15(20)23;2*23-13-3-1-2-12(9-24)20(13)14-8-16(21-15(26-14)10-25-22(21)32)29-7-5-19(27-29)28-6-4-17(30)18(31)11-28/h3-4,6-7,9-10H,1-2,5,8,12-13H2,(H,26,32);2-4,6,8-9,14,28H,5,7,11-12H2,1H3,(H,25,31);2*1-3,5,7-8,17-18,30-31H,4,6,10-11H2,(H,25,32)/t;14-;2*17-,18+/m.010/s1. The number of anilines is 4. The topological polar surface area (TPSA) is 492 Å². The Labute approximate surface area is 737 Å². The highest BCUT2D eigenvalue weighted by Crippen LogP contribution is 2.39. The largest absolute Gasteiger partial charge is 0.390 e. The maximum atomic E-state index is 14.7. The zero-order valence-corrected chi connectivity index (χ0v) is 69.8. The summed E-state index contributed by atoms with van der Waals surface area (Å²) in [5.74, 6) is -0.958. The maximum absolute atomic E-state index is 14.7. The van der Waals surface area contributed by atoms with E-state index in [-0.39, 0.29) is 142 Å². The van der Waals surface area contributed by atoms with Crippen molar-refractivity contribution < 1.29 is 70.4 Å². The smallest absolute Gasteiger partial charge is 0.255 e. The molecule has 0 spiro atoms. The van der Waals surface area contributed by atoms with Crippen molar-refractivity contribution in [1.82, 2.24) is 85.0 Å². The minimum Gasteiger partial charge on any atom is -0.390 e. The molecule has 4 saturated heterocycles. The number of carbonyl (C=O) groups is 5. The van der Waals surface area contributed by atoms with Gasteiger partial charge in [-0.15, -0.1) is 0 Å². The van der Waals surface area contributed by atoms with Gasteiger partial charge in [0.1, 0.15) is 23.3 Å². The average molecular weight is 1780 g/mol. The number of hydrogen-bond donors (Lipinski definition) is 9. The van der Waals surface area contributed by atoms with Crippen LogP contribution in [0.25, 0.3) is 67.8 Å². The number of sulfonamides is 1. The number of nitrogens with zero attached hydrogens (tertiary/aromatic N) is 20. The zero-order chi connectivity index (χ0) is 91.1. The molecule has 4 fully saturated rings. The second-order valence-electron chi connectivity index (χ2n) is 31.7. The molecule has 8 aliphatic heterocycles. The molecule has 9 N–H and O–H groups in total. The summed E-state index contributed by atoms with van der Waals surface area (Å²) in [6.45, 7) is 4.40. The third-order valence-electron chi connectivity index (χ3n) is 23.2. The maximum Gasteiger partial charge on any atom is 0.255 e. The predicted octanol–water partition coefficient (Wildman–Crippen LogP) is 6.31. The summed E-state index contributed by atoms with van der Waals surface area (Å²) in [5, 5.41) is 107. The van der Waals surface area contributed by atoms with Crippen LogP contribution in [-0.2, 0) is 41.0 Å². The van der Waals surface area contributed by atoms with Crippen molar-refractivity contribution in [2.45, 2.75) is 95.2 Å². The number of benzene rings is 4. The molecule has 20 rings (SSSR count). The van der Waals surface area contributed by atoms with Crippen LogP contribution in [0.4, 0.5) is 40.8 Å². The van der Waals surface area contributed by atoms with E-state index < -0.39 is 57.7 Å². The fraction of sp³-hybridized carbons (Fsp3) is 0.270. The summed E-state index contributed by atoms with van der Waals surface area (Å²) in [7, 11) is -3.31. The van der Waals surface area contributed by atoms with Crippen LogP contribution in [0.5, 0.6) is 0 Å². The summed E-state index contributed by atoms with van der Waals surface area (Å²) >= 11 is 0. The first-order valence-corrected chi connectivity index (χ1v) is 43.1. The SMILES string of the molecule is CS(=O)(=O)N[C@H]1CCN(c2ccn(-c3cc(-c4c(F)cccc4C#N)nc4c3C(=O)NC4)n2)C1.N#Cc1cccc(F)c1-c1cc(-n2ccc(N3CCCCC(=O)C3)n2)c2c(n1)CNC2=O.N#Cc1cccc(F)c1-c1cc(-n2ccc(N3CC[C@@H](O)[C@@H](O)C3)n2)c2c(n1)CNC2=O.N#Cc1cccc(F)c1-c1cc(-n2ccc(N3CC[C@H](O)[C@H](O)C3)n2)c2c(n1)CNC2=O. The summed E-state index contributed by atoms with van der Waals surface area (Å²) < 4.78 is 90.4. The first-order valence-electron chi connectivity index (χ1n) is 41.2. The van der Waals surface area contributed by atoms with E-state index in [0.29, 0.717) is 149 Å². The Morgan fingerprint density at radius 2 is 0.692 bits per heavy atom. The monoisotopic (exact) mass is 1780 g/mol. The molecule has 36 nitrogen and oxygen atoms in total. The highest BCUT2D eigenvalue weighted by molar-refractivity contribution is 7.88. The number of amides is 4. The van der Waals surface area contributed by atoms with Gasteiger partial charge in [0.05, 0.1) is 223 Å². The quantitative estimate of drug-likeness (QED) is 0.0539. The number of carbonyl (C=O) groups excluding carboxylic acids is 5. The van der Waals surface area contributed by atoms with Crippen LogP contribution in [0.1, 0.15) is 125 Å². The lowest BCUT2D eigenvalue weighted by atomic mass is 10.0. The van der Waals surface area contributed by atoms with E-state index in [4.69, 9.17) is 0 Å². The Morgan fingerprint density at radius 1 is 0.392 bits per heavy atom. The molecule has 8 aliphatic rings. The van der Waals surface area contributed by atoms with Gasteiger partial charge in [0.25, 0.3) is 23.6 Å². The lowest BCUT2D eigenvalue weighted by molar-refractivity contribution is -0.117. The number of hydrogen-bond acceptors (Lipinski definition) is 27. The van der Waals surface area contributed by atoms with Crippen LogP contribution < -0.4 is 45.6 Å². The molecule has 16 heterocycles. The van der Waals surface area contributed by atoms with Crippen molar-refractivity contribution in [3.05, 3.63) is 237 Å². The Hall–Kier alpha value is -15.5. The number of piperidine rings is 2. The molecular weight excluding hydrogens is 1700 g/mol. The minimum atomic E-state index is -3.31. The molecule has 130 heavy (non-hydrogen) atoms. The zero-order valence-electron chi connectivity index (χ0n) is 69.0. The Morgan fingerprint density at radius 3 is 0.992 bits per heavy atom. The minimum absolute atomic E-state index is 0.0648. The van der Waals surface area contributed by atoms with Gasteiger partial charge in [-0.25, -0.2) is 69.4 Å². The van der Waals surface area contributed by atoms with E-state index in [1.807, 2.05) is 43.9 Å². The van der Waals surface area contributed by atoms with Crippen LogP contribution in [0, 0.1) is 68.6 Å². The Kier molecular flexibility index (Phi) is 24.0. The summed E-state index contributed by atoms with van der Waals surface area (Å²) in [4.78, 5) is 87.5. The van der Waals surface area contributed by atoms with Gasteiger partial charge in [-0.1, -0.05) is 24.3 Å². The summed E-state index contributed by atoms with van der Waals surface area (Å²) in [6, 6.07) is 38.0. The molecule has 8 aromatic heterocycles. The van der Waals surface area contributed by atoms with E-state index in [1.54, 1.807) is 78.0 Å². The van der Waals surface area contributed by atoms with Gasteiger partial charge < -0.3 is 61.3 Å². The van der Waals surface area contributed by atoms with Crippen molar-refractivity contribution in [1.29, 1.82) is 21.0 Å². The molecule has 0 bridgehead atoms. The van der Waals surface area contributed by atoms with Crippen LogP contribution >= 0.6 is 0 Å². The molecule has 0 saturated carbocycles. The van der Waals surface area contributed by atoms with Crippen molar-refractivity contribution >= 4 is 62.7 Å². The van der Waals surface area contributed by atoms with E-state index in [0.717, 1.165) is 25.6 Å². The van der Waals surface area contributed by atoms with Crippen molar-refractivity contribution in [2.75, 3.05) is 78.2 Å². The number of aliphatic hydroxyl groups excluding tert-OH is 4. The van der Waals surface area contributed by atoms with Gasteiger partial charge >= 0.3 is 0 Å². The molecule has 12 aromatic rings. The first kappa shape index (κ1) is 86.6. The lowest BCUT2D eigenvalue weighted by Crippen LogP contribution is -2.46. The molecule has 4 amide bonds. The van der Waals surface area contributed by atoms with Crippen molar-refractivity contribution in [3.63, 3.8) is 0 Å². The number of nitrogens with one attached hydrogen (secondary N) is 5. The van der Waals surface area contributed by atoms with Gasteiger partial charge in [0.2, 0.25) is 10.0 Å². The third kappa shape index (κ3) is 17.4. The van der Waals surface area contributed by atoms with Gasteiger partial charge in [-0.2, -0.15) is 41.4 Å². The summed E-state index contributed by atoms with van der Waals surface area (Å²) in [6.07, 6.45) is 8.39. The molecule has 0 radical (unpaired) electrons. The number of ketones is 1. The van der Waals surface area contributed by atoms with Gasteiger partial charge in [0, 0.05) is 107 Å². The molecule has 658 valence electrons. The van der Waals surface area contributed by atoms with Crippen LogP contribution in [0.2, 0.25) is 0 Å². The van der Waals surface area contributed by atoms with Crippen LogP contribution in [0.3, 0.4) is 0 Å². The number of halogens is 4. The number of aliphatic hydroxyl groups is 4. The summed E-state index contributed by atoms with van der Waals surface area (Å²) in [5.41, 5.74) is 6.70. The number of Topliss-reactive ketones (excluding diaryl/α,β-unsaturated/α-hetero) is 1. The molecule has 41 heteroatoms. The van der Waals surface area contributed by atoms with Crippen LogP contribution in [-0.4, -0.2) is 206 Å². The highest BCUT2D eigenvalue weighted by atomic mass is 32.2. The third-order valence-corrected chi connectivity index (χ3v) is 23.9. The molecule has 0 aliphatic carbocycles. The number of aromatic nitrogens is 12. The second-order valence-corrected chi connectivity index (χ2v) is 33.5. The van der Waals surface area contributed by atoms with Gasteiger partial charge in [-0.3, -0.25) is 24.0 Å². The number of fused-ring (bicyclic) bond motifs is 4. The van der Waals surface area contributed by atoms with E-state index in [1.165, 1.54) is 86.8 Å². The van der Waals surface area contributed by atoms with Crippen molar-refractivity contribution in [3.8, 4) is 92.1 Å². The number of nitriles is 4. The van der Waals surface area contributed by atoms with E-state index >= 15 is 0 Å². The predicted molar refractivity (Wildman–Crippen MR) is 458 cm³/mol. The lowest BCUT2D eigenvalue weighted by Gasteiger charge is -2.33. The Bertz CT molecular complexity index is 6720. The van der Waals surface area contributed by atoms with Gasteiger partial charge in [0.15, 0.2) is 29.1 Å². The Balaban J connectivity index is 0.000000121. The molecular formula is C89H77F4N25O11S. The normalized spacial score (nSPS) is 18.3. The second kappa shape index (κ2) is 36.1. The fourth-order valence-corrected chi connectivity index (χ4v) is 17.7. The number of rotatable bonds is 14. The molecule has 0 unspecified atom stereocenters. The van der Waals surface area contributed by atoms with Gasteiger partial charge in [-0.05, 0) is 105 Å². The average Bonchev–Trinajstić information content (AvgIpc) is 1.61. The van der Waals surface area contributed by atoms with Crippen molar-refractivity contribution in [2.24, 2.45) is 0 Å². The van der Waals surface area contributed by atoms with E-state index in [9.17, 15) is 91.4 Å². The molecule has 5 atom stereocenters. The fourth-order valence-electron chi connectivity index (χ4n) is 16.9. The first-order chi connectivity index (χ1) is 62.7. The molecule has 4 aromatic carbocycles. The number of pyridine rings is 4.